The number of hydrogen-bond acceptors (Lipinski definition) is 3. The van der Waals surface area contributed by atoms with Crippen LogP contribution in [-0.2, 0) is 4.79 Å². The Morgan fingerprint density at radius 3 is 2.67 bits per heavy atom. The molecule has 0 radical (unpaired) electrons. The Labute approximate surface area is 154 Å². The van der Waals surface area contributed by atoms with Gasteiger partial charge in [0.15, 0.2) is 0 Å². The molecule has 0 bridgehead atoms. The van der Waals surface area contributed by atoms with Crippen molar-refractivity contribution in [3.05, 3.63) is 24.3 Å². The van der Waals surface area contributed by atoms with Gasteiger partial charge in [0.25, 0.3) is 0 Å². The number of likely N-dealkylation sites (tertiary alicyclic amines) is 1. The highest BCUT2D eigenvalue weighted by Crippen LogP contribution is 2.21. The molecule has 2 rings (SSSR count). The number of rotatable bonds is 7. The number of ether oxygens (including phenoxy) is 1. The molecule has 0 spiro atoms. The summed E-state index contributed by atoms with van der Waals surface area (Å²) >= 11 is 3.35. The Kier molecular flexibility index (Phi) is 7.11. The van der Waals surface area contributed by atoms with Crippen molar-refractivity contribution in [1.82, 2.24) is 4.90 Å². The molecule has 1 heterocycles. The Bertz CT molecular complexity index is 525. The first-order valence-electron chi connectivity index (χ1n) is 8.83. The predicted octanol–water partition coefficient (Wildman–Crippen LogP) is 4.44. The molecule has 1 N–H and O–H groups in total. The lowest BCUT2D eigenvalue weighted by Gasteiger charge is -2.33. The molecule has 1 aromatic rings. The summed E-state index contributed by atoms with van der Waals surface area (Å²) in [5.41, 5.74) is 0.780. The van der Waals surface area contributed by atoms with Gasteiger partial charge in [0.2, 0.25) is 5.91 Å². The quantitative estimate of drug-likeness (QED) is 0.546. The minimum atomic E-state index is -0.576. The van der Waals surface area contributed by atoms with Crippen LogP contribution in [0.25, 0.3) is 0 Å². The van der Waals surface area contributed by atoms with Gasteiger partial charge in [0, 0.05) is 18.3 Å². The van der Waals surface area contributed by atoms with E-state index in [0.717, 1.165) is 31.0 Å². The van der Waals surface area contributed by atoms with Crippen LogP contribution in [0.4, 0.5) is 5.69 Å². The number of nitrogens with one attached hydrogen (secondary N) is 1. The van der Waals surface area contributed by atoms with Crippen LogP contribution < -0.4 is 10.1 Å². The zero-order chi connectivity index (χ0) is 17.6. The molecule has 1 amide bonds. The zero-order valence-electron chi connectivity index (χ0n) is 15.0. The number of anilines is 1. The van der Waals surface area contributed by atoms with E-state index in [1.54, 1.807) is 0 Å². The fraction of sp³-hybridized carbons (Fsp3) is 0.632. The van der Waals surface area contributed by atoms with E-state index < -0.39 is 4.32 Å². The van der Waals surface area contributed by atoms with E-state index in [-0.39, 0.29) is 5.91 Å². The lowest BCUT2D eigenvalue weighted by atomic mass is 10.0. The summed E-state index contributed by atoms with van der Waals surface area (Å²) in [5.74, 6) is 0.782. The van der Waals surface area contributed by atoms with E-state index in [9.17, 15) is 4.79 Å². The number of benzene rings is 1. The van der Waals surface area contributed by atoms with E-state index >= 15 is 0 Å². The van der Waals surface area contributed by atoms with E-state index in [1.807, 2.05) is 38.1 Å². The number of hydrogen-bond donors (Lipinski definition) is 1. The third-order valence-corrected chi connectivity index (χ3v) is 4.81. The van der Waals surface area contributed by atoms with E-state index in [1.165, 1.54) is 25.8 Å². The Morgan fingerprint density at radius 1 is 1.33 bits per heavy atom. The molecule has 134 valence electrons. The van der Waals surface area contributed by atoms with Crippen LogP contribution in [0.5, 0.6) is 5.75 Å². The van der Waals surface area contributed by atoms with Gasteiger partial charge in [0.05, 0.1) is 10.9 Å². The molecule has 1 saturated heterocycles. The summed E-state index contributed by atoms with van der Waals surface area (Å²) in [5, 5.41) is 2.88. The van der Waals surface area contributed by atoms with Gasteiger partial charge < -0.3 is 15.0 Å². The number of nitrogens with zero attached hydrogens (tertiary/aromatic N) is 1. The lowest BCUT2D eigenvalue weighted by molar-refractivity contribution is -0.117. The first-order valence-corrected chi connectivity index (χ1v) is 9.63. The van der Waals surface area contributed by atoms with Crippen LogP contribution in [0.2, 0.25) is 0 Å². The molecule has 1 atom stereocenters. The summed E-state index contributed by atoms with van der Waals surface area (Å²) in [6, 6.07) is 8.26. The first-order chi connectivity index (χ1) is 11.4. The highest BCUT2D eigenvalue weighted by Gasteiger charge is 2.23. The third kappa shape index (κ3) is 6.10. The van der Waals surface area contributed by atoms with Gasteiger partial charge in [0.1, 0.15) is 5.75 Å². The fourth-order valence-corrected chi connectivity index (χ4v) is 2.96. The molecular weight excluding hydrogens is 368 g/mol. The van der Waals surface area contributed by atoms with Crippen LogP contribution in [0.1, 0.15) is 46.5 Å². The number of carbonyl (C=O) groups excluding carboxylic acids is 1. The second kappa shape index (κ2) is 8.86. The average molecular weight is 397 g/mol. The molecule has 0 saturated carbocycles. The monoisotopic (exact) mass is 396 g/mol. The molecule has 0 aromatic heterocycles. The lowest BCUT2D eigenvalue weighted by Crippen LogP contribution is -2.38. The van der Waals surface area contributed by atoms with Gasteiger partial charge in [-0.3, -0.25) is 4.79 Å². The molecule has 5 heteroatoms. The second-order valence-corrected chi connectivity index (χ2v) is 9.02. The summed E-state index contributed by atoms with van der Waals surface area (Å²) in [6.07, 6.45) is 5.05. The predicted molar refractivity (Wildman–Crippen MR) is 103 cm³/mol. The Morgan fingerprint density at radius 2 is 2.04 bits per heavy atom. The first kappa shape index (κ1) is 19.3. The van der Waals surface area contributed by atoms with Crippen molar-refractivity contribution in [2.75, 3.05) is 25.0 Å². The summed E-state index contributed by atoms with van der Waals surface area (Å²) < 4.78 is 5.24. The van der Waals surface area contributed by atoms with E-state index in [4.69, 9.17) is 4.74 Å². The van der Waals surface area contributed by atoms with E-state index in [2.05, 4.69) is 33.1 Å². The molecule has 0 unspecified atom stereocenters. The maximum absolute atomic E-state index is 11.9. The van der Waals surface area contributed by atoms with Crippen molar-refractivity contribution in [1.29, 1.82) is 0 Å². The van der Waals surface area contributed by atoms with E-state index in [0.29, 0.717) is 6.04 Å². The maximum Gasteiger partial charge on any atom is 0.240 e. The van der Waals surface area contributed by atoms with Crippen LogP contribution >= 0.6 is 15.9 Å². The van der Waals surface area contributed by atoms with Gasteiger partial charge >= 0.3 is 0 Å². The smallest absolute Gasteiger partial charge is 0.240 e. The van der Waals surface area contributed by atoms with Crippen LogP contribution in [-0.4, -0.2) is 40.9 Å². The van der Waals surface area contributed by atoms with Gasteiger partial charge in [-0.15, -0.1) is 0 Å². The molecule has 1 aliphatic rings. The molecule has 1 aliphatic heterocycles. The fourth-order valence-electron chi connectivity index (χ4n) is 2.86. The summed E-state index contributed by atoms with van der Waals surface area (Å²) in [4.78, 5) is 14.5. The molecule has 24 heavy (non-hydrogen) atoms. The average Bonchev–Trinajstić information content (AvgIpc) is 2.53. The van der Waals surface area contributed by atoms with Gasteiger partial charge in [-0.2, -0.15) is 0 Å². The SMILES string of the molecule is C[C@H]1CCCCN1CCCOc1ccc(NC(=O)C(C)(C)Br)cc1. The van der Waals surface area contributed by atoms with Gasteiger partial charge in [-0.25, -0.2) is 0 Å². The van der Waals surface area contributed by atoms with Gasteiger partial charge in [-0.1, -0.05) is 22.4 Å². The maximum atomic E-state index is 11.9. The number of piperidine rings is 1. The highest BCUT2D eigenvalue weighted by molar-refractivity contribution is 9.10. The van der Waals surface area contributed by atoms with Gasteiger partial charge in [-0.05, 0) is 70.8 Å². The third-order valence-electron chi connectivity index (χ3n) is 4.45. The van der Waals surface area contributed by atoms with Crippen molar-refractivity contribution in [3.8, 4) is 5.75 Å². The molecule has 4 nitrogen and oxygen atoms in total. The molecule has 1 aromatic carbocycles. The summed E-state index contributed by atoms with van der Waals surface area (Å²) in [7, 11) is 0. The van der Waals surface area contributed by atoms with Crippen molar-refractivity contribution < 1.29 is 9.53 Å². The summed E-state index contributed by atoms with van der Waals surface area (Å²) in [6.45, 7) is 9.02. The van der Waals surface area contributed by atoms with Crippen LogP contribution in [0.3, 0.4) is 0 Å². The van der Waals surface area contributed by atoms with Crippen molar-refractivity contribution in [3.63, 3.8) is 0 Å². The zero-order valence-corrected chi connectivity index (χ0v) is 16.6. The van der Waals surface area contributed by atoms with Crippen molar-refractivity contribution >= 4 is 27.5 Å². The number of carbonyl (C=O) groups is 1. The molecular formula is C19H29BrN2O2. The van der Waals surface area contributed by atoms with Crippen LogP contribution in [0, 0.1) is 0 Å². The minimum Gasteiger partial charge on any atom is -0.494 e. The number of amides is 1. The Hall–Kier alpha value is -1.07. The standard InChI is InChI=1S/C19H29BrN2O2/c1-15-7-4-5-12-22(15)13-6-14-24-17-10-8-16(9-11-17)21-18(23)19(2,3)20/h8-11,15H,4-7,12-14H2,1-3H3,(H,21,23)/t15-/m0/s1. The minimum absolute atomic E-state index is 0.0631. The number of halogens is 1. The van der Waals surface area contributed by atoms with Crippen LogP contribution in [0.15, 0.2) is 24.3 Å². The second-order valence-electron chi connectivity index (χ2n) is 7.03. The molecule has 1 fully saturated rings. The Balaban J connectivity index is 1.71. The largest absolute Gasteiger partial charge is 0.494 e. The number of alkyl halides is 1. The topological polar surface area (TPSA) is 41.6 Å². The van der Waals surface area contributed by atoms with Crippen molar-refractivity contribution in [2.45, 2.75) is 56.8 Å². The highest BCUT2D eigenvalue weighted by atomic mass is 79.9. The van der Waals surface area contributed by atoms with Crippen molar-refractivity contribution in [2.24, 2.45) is 0 Å². The normalized spacial score (nSPS) is 19.1. The molecule has 0 aliphatic carbocycles.